The topological polar surface area (TPSA) is 58.3 Å². The molecule has 2 aromatic carbocycles. The molecule has 0 bridgehead atoms. The van der Waals surface area contributed by atoms with Crippen molar-refractivity contribution in [1.82, 2.24) is 5.32 Å². The Morgan fingerprint density at radius 2 is 1.68 bits per heavy atom. The molecule has 1 unspecified atom stereocenters. The summed E-state index contributed by atoms with van der Waals surface area (Å²) in [7, 11) is 0. The zero-order valence-electron chi connectivity index (χ0n) is 18.4. The number of carbonyl (C=O) groups is 2. The van der Waals surface area contributed by atoms with Crippen molar-refractivity contribution in [2.24, 2.45) is 0 Å². The summed E-state index contributed by atoms with van der Waals surface area (Å²) in [5.41, 5.74) is 3.27. The van der Waals surface area contributed by atoms with Crippen molar-refractivity contribution in [3.8, 4) is 0 Å². The Bertz CT molecular complexity index is 876. The zero-order valence-corrected chi connectivity index (χ0v) is 18.4. The van der Waals surface area contributed by atoms with E-state index in [1.807, 2.05) is 24.3 Å². The molecule has 6 heteroatoms. The summed E-state index contributed by atoms with van der Waals surface area (Å²) in [5.74, 6) is 0.277. The lowest BCUT2D eigenvalue weighted by Gasteiger charge is -2.33. The first kappa shape index (κ1) is 21.5. The lowest BCUT2D eigenvalue weighted by molar-refractivity contribution is -0.901. The fourth-order valence-electron chi connectivity index (χ4n) is 4.77. The molecule has 2 fully saturated rings. The molecule has 2 aliphatic rings. The standard InChI is InChI=1S/C25H32N4O2/c1-20(30)22-7-9-24(10-8-22)29-15-13-27(14-16-29)19-25(31)26-23-11-12-28(18-23)17-21-5-3-2-4-6-21/h2-10,23H,11-19H2,1H3,(H,26,31)/p+2/t23-/m0/s1. The number of nitrogens with zero attached hydrogens (tertiary/aromatic N) is 1. The second-order valence-corrected chi connectivity index (χ2v) is 8.94. The van der Waals surface area contributed by atoms with Gasteiger partial charge in [0.2, 0.25) is 0 Å². The van der Waals surface area contributed by atoms with Crippen LogP contribution in [0.5, 0.6) is 0 Å². The average Bonchev–Trinajstić information content (AvgIpc) is 3.21. The van der Waals surface area contributed by atoms with Gasteiger partial charge in [-0.3, -0.25) is 9.59 Å². The monoisotopic (exact) mass is 422 g/mol. The quantitative estimate of drug-likeness (QED) is 0.531. The molecule has 0 aromatic heterocycles. The number of anilines is 1. The molecule has 2 saturated heterocycles. The van der Waals surface area contributed by atoms with Crippen LogP contribution < -0.4 is 20.0 Å². The Kier molecular flexibility index (Phi) is 6.99. The maximum atomic E-state index is 12.6. The van der Waals surface area contributed by atoms with E-state index >= 15 is 0 Å². The van der Waals surface area contributed by atoms with Gasteiger partial charge in [0.1, 0.15) is 6.54 Å². The van der Waals surface area contributed by atoms with Gasteiger partial charge in [0.15, 0.2) is 12.3 Å². The fraction of sp³-hybridized carbons (Fsp3) is 0.440. The summed E-state index contributed by atoms with van der Waals surface area (Å²) in [6.45, 7) is 9.09. The minimum atomic E-state index is 0.0962. The highest BCUT2D eigenvalue weighted by Crippen LogP contribution is 2.15. The van der Waals surface area contributed by atoms with Crippen LogP contribution in [0, 0.1) is 0 Å². The van der Waals surface area contributed by atoms with Crippen LogP contribution in [-0.2, 0) is 11.3 Å². The minimum absolute atomic E-state index is 0.0962. The van der Waals surface area contributed by atoms with Gasteiger partial charge in [-0.15, -0.1) is 0 Å². The molecule has 3 N–H and O–H groups in total. The zero-order chi connectivity index (χ0) is 21.6. The highest BCUT2D eigenvalue weighted by molar-refractivity contribution is 5.94. The Morgan fingerprint density at radius 1 is 0.968 bits per heavy atom. The molecule has 6 nitrogen and oxygen atoms in total. The van der Waals surface area contributed by atoms with E-state index in [2.05, 4.69) is 40.5 Å². The number of benzene rings is 2. The summed E-state index contributed by atoms with van der Waals surface area (Å²) in [4.78, 5) is 29.3. The lowest BCUT2D eigenvalue weighted by Crippen LogP contribution is -3.16. The van der Waals surface area contributed by atoms with E-state index in [0.717, 1.165) is 63.5 Å². The van der Waals surface area contributed by atoms with Crippen molar-refractivity contribution in [1.29, 1.82) is 0 Å². The van der Waals surface area contributed by atoms with E-state index in [1.165, 1.54) is 10.5 Å². The van der Waals surface area contributed by atoms with Crippen LogP contribution in [0.4, 0.5) is 5.69 Å². The van der Waals surface area contributed by atoms with Gasteiger partial charge in [-0.05, 0) is 31.2 Å². The second kappa shape index (κ2) is 10.1. The Balaban J connectivity index is 1.18. The third-order valence-electron chi connectivity index (χ3n) is 6.56. The second-order valence-electron chi connectivity index (χ2n) is 8.94. The van der Waals surface area contributed by atoms with E-state index in [0.29, 0.717) is 12.6 Å². The Hall–Kier alpha value is -2.70. The molecular weight excluding hydrogens is 388 g/mol. The largest absolute Gasteiger partial charge is 0.360 e. The van der Waals surface area contributed by atoms with Crippen molar-refractivity contribution < 1.29 is 19.4 Å². The maximum absolute atomic E-state index is 12.6. The predicted octanol–water partition coefficient (Wildman–Crippen LogP) is -0.432. The number of rotatable bonds is 7. The maximum Gasteiger partial charge on any atom is 0.275 e. The normalized spacial score (nSPS) is 21.8. The van der Waals surface area contributed by atoms with Crippen molar-refractivity contribution in [2.75, 3.05) is 50.7 Å². The number of ketones is 1. The van der Waals surface area contributed by atoms with Crippen LogP contribution >= 0.6 is 0 Å². The Labute approximate surface area is 184 Å². The predicted molar refractivity (Wildman–Crippen MR) is 122 cm³/mol. The molecule has 31 heavy (non-hydrogen) atoms. The number of carbonyl (C=O) groups excluding carboxylic acids is 2. The van der Waals surface area contributed by atoms with Crippen LogP contribution in [0.1, 0.15) is 29.3 Å². The van der Waals surface area contributed by atoms with Gasteiger partial charge in [-0.25, -0.2) is 0 Å². The molecule has 0 radical (unpaired) electrons. The van der Waals surface area contributed by atoms with E-state index in [4.69, 9.17) is 0 Å². The minimum Gasteiger partial charge on any atom is -0.360 e. The van der Waals surface area contributed by atoms with Gasteiger partial charge in [0.05, 0.1) is 45.3 Å². The van der Waals surface area contributed by atoms with E-state index < -0.39 is 0 Å². The number of quaternary nitrogens is 2. The van der Waals surface area contributed by atoms with Gasteiger partial charge in [0, 0.05) is 23.2 Å². The van der Waals surface area contributed by atoms with Crippen LogP contribution in [0.25, 0.3) is 0 Å². The smallest absolute Gasteiger partial charge is 0.275 e. The molecule has 0 saturated carbocycles. The first-order chi connectivity index (χ1) is 15.1. The lowest BCUT2D eigenvalue weighted by atomic mass is 10.1. The van der Waals surface area contributed by atoms with Crippen molar-refractivity contribution >= 4 is 17.4 Å². The van der Waals surface area contributed by atoms with Gasteiger partial charge in [-0.2, -0.15) is 0 Å². The molecule has 2 heterocycles. The summed E-state index contributed by atoms with van der Waals surface area (Å²) in [6, 6.07) is 18.7. The molecular formula is C25H34N4O2+2. The number of hydrogen-bond donors (Lipinski definition) is 3. The van der Waals surface area contributed by atoms with Gasteiger partial charge < -0.3 is 20.0 Å². The van der Waals surface area contributed by atoms with Crippen LogP contribution in [0.3, 0.4) is 0 Å². The number of hydrogen-bond acceptors (Lipinski definition) is 3. The number of piperazine rings is 1. The molecule has 0 spiro atoms. The first-order valence-corrected chi connectivity index (χ1v) is 11.4. The van der Waals surface area contributed by atoms with Crippen LogP contribution in [-0.4, -0.2) is 63.5 Å². The van der Waals surface area contributed by atoms with Crippen molar-refractivity contribution in [3.05, 3.63) is 65.7 Å². The highest BCUT2D eigenvalue weighted by Gasteiger charge is 2.29. The summed E-state index contributed by atoms with van der Waals surface area (Å²) in [5, 5.41) is 3.28. The Morgan fingerprint density at radius 3 is 2.35 bits per heavy atom. The molecule has 1 amide bonds. The first-order valence-electron chi connectivity index (χ1n) is 11.4. The van der Waals surface area contributed by atoms with Gasteiger partial charge >= 0.3 is 0 Å². The summed E-state index contributed by atoms with van der Waals surface area (Å²) >= 11 is 0. The molecule has 2 atom stereocenters. The molecule has 4 rings (SSSR count). The average molecular weight is 423 g/mol. The molecule has 2 aromatic rings. The molecule has 2 aliphatic heterocycles. The molecule has 0 aliphatic carbocycles. The third-order valence-corrected chi connectivity index (χ3v) is 6.56. The fourth-order valence-corrected chi connectivity index (χ4v) is 4.77. The van der Waals surface area contributed by atoms with Crippen LogP contribution in [0.2, 0.25) is 0 Å². The van der Waals surface area contributed by atoms with E-state index in [-0.39, 0.29) is 11.7 Å². The third kappa shape index (κ3) is 5.93. The van der Waals surface area contributed by atoms with E-state index in [1.54, 1.807) is 11.8 Å². The van der Waals surface area contributed by atoms with Gasteiger partial charge in [0.25, 0.3) is 5.91 Å². The summed E-state index contributed by atoms with van der Waals surface area (Å²) in [6.07, 6.45) is 1.06. The van der Waals surface area contributed by atoms with Crippen molar-refractivity contribution in [3.63, 3.8) is 0 Å². The highest BCUT2D eigenvalue weighted by atomic mass is 16.2. The van der Waals surface area contributed by atoms with Crippen molar-refractivity contribution in [2.45, 2.75) is 25.9 Å². The SMILES string of the molecule is CC(=O)c1ccc(N2CC[NH+](CC(=O)N[C@H]3CC[NH+](Cc4ccccc4)C3)CC2)cc1. The summed E-state index contributed by atoms with van der Waals surface area (Å²) < 4.78 is 0. The van der Waals surface area contributed by atoms with Gasteiger partial charge in [-0.1, -0.05) is 30.3 Å². The number of amides is 1. The number of nitrogens with one attached hydrogen (secondary N) is 3. The number of Topliss-reactive ketones (excluding diaryl/α,β-unsaturated/α-hetero) is 1. The van der Waals surface area contributed by atoms with E-state index in [9.17, 15) is 9.59 Å². The molecule has 164 valence electrons. The van der Waals surface area contributed by atoms with Crippen LogP contribution in [0.15, 0.2) is 54.6 Å². The number of likely N-dealkylation sites (tertiary alicyclic amines) is 1.